The number of hydrogen-bond acceptors (Lipinski definition) is 6. The average Bonchev–Trinajstić information content (AvgIpc) is 2.95. The maximum absolute atomic E-state index is 5.38. The Labute approximate surface area is 177 Å². The summed E-state index contributed by atoms with van der Waals surface area (Å²) in [6, 6.07) is 0. The van der Waals surface area contributed by atoms with Gasteiger partial charge >= 0.3 is 0 Å². The molecule has 2 heterocycles. The first kappa shape index (κ1) is 23.4. The Morgan fingerprint density at radius 2 is 1.96 bits per heavy atom. The van der Waals surface area contributed by atoms with E-state index in [2.05, 4.69) is 37.0 Å². The van der Waals surface area contributed by atoms with Gasteiger partial charge in [-0.2, -0.15) is 11.8 Å². The Morgan fingerprint density at radius 3 is 2.62 bits per heavy atom. The highest BCUT2D eigenvalue weighted by Gasteiger charge is 2.09. The normalized spacial score (nSPS) is 15.6. The molecule has 8 nitrogen and oxygen atoms in total. The minimum absolute atomic E-state index is 0. The molecule has 2 rings (SSSR count). The molecular weight excluding hydrogens is 465 g/mol. The number of aromatic nitrogens is 3. The van der Waals surface area contributed by atoms with E-state index < -0.39 is 0 Å². The van der Waals surface area contributed by atoms with E-state index in [1.54, 1.807) is 0 Å². The maximum atomic E-state index is 5.38. The second-order valence-electron chi connectivity index (χ2n) is 6.04. The van der Waals surface area contributed by atoms with Crippen molar-refractivity contribution in [2.75, 3.05) is 57.9 Å². The van der Waals surface area contributed by atoms with E-state index in [-0.39, 0.29) is 24.0 Å². The van der Waals surface area contributed by atoms with Gasteiger partial charge in [0, 0.05) is 39.0 Å². The molecule has 150 valence electrons. The quantitative estimate of drug-likeness (QED) is 0.227. The van der Waals surface area contributed by atoms with Crippen molar-refractivity contribution in [1.82, 2.24) is 30.3 Å². The summed E-state index contributed by atoms with van der Waals surface area (Å²) in [7, 11) is 1.97. The van der Waals surface area contributed by atoms with Crippen molar-refractivity contribution in [1.29, 1.82) is 0 Å². The number of halogens is 1. The third-order valence-electron chi connectivity index (χ3n) is 4.21. The lowest BCUT2D eigenvalue weighted by molar-refractivity contribution is 0.0376. The molecule has 1 saturated heterocycles. The van der Waals surface area contributed by atoms with Crippen LogP contribution in [0.15, 0.2) is 4.99 Å². The summed E-state index contributed by atoms with van der Waals surface area (Å²) in [6.07, 6.45) is 3.20. The monoisotopic (exact) mass is 497 g/mol. The van der Waals surface area contributed by atoms with Crippen molar-refractivity contribution in [3.63, 3.8) is 0 Å². The number of hydrogen-bond donors (Lipinski definition) is 2. The summed E-state index contributed by atoms with van der Waals surface area (Å²) in [5.74, 6) is 3.67. The number of aryl methyl sites for hydroxylation is 1. The van der Waals surface area contributed by atoms with E-state index in [4.69, 9.17) is 4.74 Å². The molecule has 1 aromatic rings. The van der Waals surface area contributed by atoms with E-state index in [0.717, 1.165) is 75.7 Å². The summed E-state index contributed by atoms with van der Waals surface area (Å²) in [4.78, 5) is 7.10. The lowest BCUT2D eigenvalue weighted by atomic mass is 10.3. The Kier molecular flexibility index (Phi) is 12.2. The molecule has 0 bridgehead atoms. The van der Waals surface area contributed by atoms with Gasteiger partial charge in [-0.15, -0.1) is 34.2 Å². The third-order valence-corrected chi connectivity index (χ3v) is 4.82. The highest BCUT2D eigenvalue weighted by Crippen LogP contribution is 2.00. The van der Waals surface area contributed by atoms with Crippen LogP contribution in [0, 0.1) is 6.92 Å². The molecule has 26 heavy (non-hydrogen) atoms. The molecular formula is C16H32IN7OS. The second-order valence-corrected chi connectivity index (χ2v) is 7.03. The lowest BCUT2D eigenvalue weighted by Crippen LogP contribution is -2.41. The van der Waals surface area contributed by atoms with Crippen molar-refractivity contribution < 1.29 is 4.74 Å². The zero-order chi connectivity index (χ0) is 17.9. The SMILES string of the molecule is CSCCNC(=NCc1nnc(C)n1C)NCCCN1CCOCC1.I. The molecule has 1 aliphatic rings. The van der Waals surface area contributed by atoms with Gasteiger partial charge in [0.25, 0.3) is 0 Å². The largest absolute Gasteiger partial charge is 0.379 e. The topological polar surface area (TPSA) is 79.6 Å². The Balaban J connectivity index is 0.00000338. The standard InChI is InChI=1S/C16H31N7OS.HI/c1-14-20-21-15(22(14)2)13-19-16(18-6-12-25-3)17-5-4-7-23-8-10-24-11-9-23;/h4-13H2,1-3H3,(H2,17,18,19);1H. The van der Waals surface area contributed by atoms with Crippen LogP contribution in [0.3, 0.4) is 0 Å². The van der Waals surface area contributed by atoms with Crippen LogP contribution in [0.5, 0.6) is 0 Å². The summed E-state index contributed by atoms with van der Waals surface area (Å²) >= 11 is 1.82. The fraction of sp³-hybridized carbons (Fsp3) is 0.812. The van der Waals surface area contributed by atoms with Gasteiger partial charge < -0.3 is 19.9 Å². The highest BCUT2D eigenvalue weighted by molar-refractivity contribution is 14.0. The van der Waals surface area contributed by atoms with Crippen molar-refractivity contribution in [2.45, 2.75) is 19.9 Å². The first-order valence-electron chi connectivity index (χ1n) is 8.87. The zero-order valence-electron chi connectivity index (χ0n) is 16.0. The van der Waals surface area contributed by atoms with E-state index in [0.29, 0.717) is 6.54 Å². The van der Waals surface area contributed by atoms with Crippen LogP contribution in [0.2, 0.25) is 0 Å². The summed E-state index contributed by atoms with van der Waals surface area (Å²) in [6.45, 7) is 9.15. The van der Waals surface area contributed by atoms with E-state index in [9.17, 15) is 0 Å². The van der Waals surface area contributed by atoms with Crippen LogP contribution in [0.25, 0.3) is 0 Å². The van der Waals surface area contributed by atoms with Crippen LogP contribution in [-0.4, -0.2) is 83.6 Å². The minimum atomic E-state index is 0. The molecule has 1 fully saturated rings. The summed E-state index contributed by atoms with van der Waals surface area (Å²) in [5.41, 5.74) is 0. The Hall–Kier alpha value is -0.590. The van der Waals surface area contributed by atoms with Crippen LogP contribution in [0.4, 0.5) is 0 Å². The van der Waals surface area contributed by atoms with Crippen LogP contribution in [0.1, 0.15) is 18.1 Å². The number of thioether (sulfide) groups is 1. The fourth-order valence-corrected chi connectivity index (χ4v) is 2.82. The molecule has 0 atom stereocenters. The number of guanidine groups is 1. The van der Waals surface area contributed by atoms with Crippen molar-refractivity contribution in [2.24, 2.45) is 12.0 Å². The van der Waals surface area contributed by atoms with Gasteiger partial charge in [-0.1, -0.05) is 0 Å². The molecule has 0 radical (unpaired) electrons. The smallest absolute Gasteiger partial charge is 0.191 e. The maximum Gasteiger partial charge on any atom is 0.191 e. The number of aliphatic imine (C=N–C) groups is 1. The van der Waals surface area contributed by atoms with E-state index >= 15 is 0 Å². The first-order valence-corrected chi connectivity index (χ1v) is 10.3. The first-order chi connectivity index (χ1) is 12.2. The van der Waals surface area contributed by atoms with Crippen molar-refractivity contribution >= 4 is 41.7 Å². The molecule has 0 amide bonds. The minimum Gasteiger partial charge on any atom is -0.379 e. The van der Waals surface area contributed by atoms with Gasteiger partial charge in [-0.3, -0.25) is 4.90 Å². The van der Waals surface area contributed by atoms with Gasteiger partial charge in [0.15, 0.2) is 11.8 Å². The van der Waals surface area contributed by atoms with Crippen LogP contribution < -0.4 is 10.6 Å². The zero-order valence-corrected chi connectivity index (χ0v) is 19.2. The van der Waals surface area contributed by atoms with E-state index in [1.165, 1.54) is 0 Å². The van der Waals surface area contributed by atoms with Crippen molar-refractivity contribution in [3.05, 3.63) is 11.6 Å². The van der Waals surface area contributed by atoms with Gasteiger partial charge in [-0.05, 0) is 26.1 Å². The second kappa shape index (κ2) is 13.6. The predicted octanol–water partition coefficient (Wildman–Crippen LogP) is 0.862. The number of rotatable bonds is 9. The van der Waals surface area contributed by atoms with Crippen LogP contribution in [-0.2, 0) is 18.3 Å². The molecule has 0 saturated carbocycles. The number of nitrogens with zero attached hydrogens (tertiary/aromatic N) is 5. The molecule has 1 aromatic heterocycles. The lowest BCUT2D eigenvalue weighted by Gasteiger charge is -2.26. The molecule has 2 N–H and O–H groups in total. The summed E-state index contributed by atoms with van der Waals surface area (Å²) < 4.78 is 7.36. The molecule has 0 unspecified atom stereocenters. The van der Waals surface area contributed by atoms with Crippen molar-refractivity contribution in [3.8, 4) is 0 Å². The third kappa shape index (κ3) is 8.40. The number of morpholine rings is 1. The molecule has 0 aromatic carbocycles. The Bertz CT molecular complexity index is 535. The van der Waals surface area contributed by atoms with Gasteiger partial charge in [0.05, 0.1) is 13.2 Å². The average molecular weight is 497 g/mol. The number of nitrogens with one attached hydrogen (secondary N) is 2. The Morgan fingerprint density at radius 1 is 1.23 bits per heavy atom. The van der Waals surface area contributed by atoms with Gasteiger partial charge in [0.2, 0.25) is 0 Å². The molecule has 0 aliphatic carbocycles. The van der Waals surface area contributed by atoms with E-state index in [1.807, 2.05) is 30.3 Å². The number of ether oxygens (including phenoxy) is 1. The summed E-state index contributed by atoms with van der Waals surface area (Å²) in [5, 5.41) is 15.1. The predicted molar refractivity (Wildman–Crippen MR) is 119 cm³/mol. The molecule has 1 aliphatic heterocycles. The fourth-order valence-electron chi connectivity index (χ4n) is 2.52. The molecule has 10 heteroatoms. The van der Waals surface area contributed by atoms with Crippen LogP contribution >= 0.6 is 35.7 Å². The highest BCUT2D eigenvalue weighted by atomic mass is 127. The van der Waals surface area contributed by atoms with Gasteiger partial charge in [-0.25, -0.2) is 4.99 Å². The van der Waals surface area contributed by atoms with Gasteiger partial charge in [0.1, 0.15) is 12.4 Å². The molecule has 0 spiro atoms.